The largest absolute Gasteiger partial charge is 0.508 e. The number of phenols is 1. The number of carboxylic acid groups (broad SMARTS) is 1. The zero-order valence-corrected chi connectivity index (χ0v) is 76.0. The van der Waals surface area contributed by atoms with Crippen molar-refractivity contribution in [3.05, 3.63) is 120 Å². The zero-order valence-electron chi connectivity index (χ0n) is 75.2. The van der Waals surface area contributed by atoms with Crippen LogP contribution in [0.1, 0.15) is 158 Å². The number of carbonyl (C=O) groups is 19. The number of phenolic OH excluding ortho intramolecular Hbond substituents is 1. The molecule has 0 radical (unpaired) electrons. The number of unbranched alkanes of at least 4 members (excludes halogenated alkanes) is 3. The van der Waals surface area contributed by atoms with Crippen molar-refractivity contribution in [2.75, 3.05) is 51.3 Å². The number of carbonyl (C=O) groups excluding carboxylic acids is 18. The minimum Gasteiger partial charge on any atom is -0.508 e. The number of H-pyrrole nitrogens is 2. The normalized spacial score (nSPS) is 16.5. The van der Waals surface area contributed by atoms with Gasteiger partial charge in [-0.15, -0.1) is 0 Å². The number of nitrogens with one attached hydrogen (secondary N) is 20. The van der Waals surface area contributed by atoms with Gasteiger partial charge in [0.25, 0.3) is 5.91 Å². The van der Waals surface area contributed by atoms with Crippen molar-refractivity contribution in [1.82, 2.24) is 105 Å². The molecule has 6 rings (SSSR count). The molecule has 12 unspecified atom stereocenters. The average molecular weight is 1890 g/mol. The Labute approximate surface area is 775 Å². The Morgan fingerprint density at radius 2 is 1.16 bits per heavy atom. The summed E-state index contributed by atoms with van der Waals surface area (Å²) in [5.74, 6) is -18.3. The lowest BCUT2D eigenvalue weighted by atomic mass is 9.98. The van der Waals surface area contributed by atoms with Crippen molar-refractivity contribution >= 4 is 141 Å². The maximum atomic E-state index is 14.4. The van der Waals surface area contributed by atoms with Crippen LogP contribution in [0.25, 0.3) is 10.9 Å². The number of hydrogen-bond donors (Lipinski definition) is 25. The van der Waals surface area contributed by atoms with Gasteiger partial charge in [0.1, 0.15) is 78.0 Å². The minimum absolute atomic E-state index is 0.0344. The molecule has 3 aromatic carbocycles. The molecule has 730 valence electrons. The van der Waals surface area contributed by atoms with Gasteiger partial charge in [0, 0.05) is 74.7 Å². The van der Waals surface area contributed by atoms with Crippen LogP contribution in [0.3, 0.4) is 0 Å². The molecule has 1 fully saturated rings. The summed E-state index contributed by atoms with van der Waals surface area (Å²) in [6, 6.07) is 3.18. The molecule has 2 aromatic heterocycles. The van der Waals surface area contributed by atoms with Crippen molar-refractivity contribution in [3.63, 3.8) is 0 Å². The number of para-hydroxylation sites is 1. The monoisotopic (exact) mass is 1890 g/mol. The number of thioether (sulfide) groups is 1. The summed E-state index contributed by atoms with van der Waals surface area (Å²) in [5, 5.41) is 71.2. The second-order valence-electron chi connectivity index (χ2n) is 32.6. The van der Waals surface area contributed by atoms with E-state index in [9.17, 15) is 106 Å². The number of hydrogen-bond acceptors (Lipinski definition) is 23. The number of guanidine groups is 1. The lowest BCUT2D eigenvalue weighted by molar-refractivity contribution is -0.141. The number of carboxylic acids is 1. The highest BCUT2D eigenvalue weighted by Gasteiger charge is 2.37. The van der Waals surface area contributed by atoms with Crippen molar-refractivity contribution in [2.45, 2.75) is 216 Å². The van der Waals surface area contributed by atoms with Crippen molar-refractivity contribution in [2.24, 2.45) is 29.0 Å². The van der Waals surface area contributed by atoms with Crippen LogP contribution in [0, 0.1) is 23.1 Å². The summed E-state index contributed by atoms with van der Waals surface area (Å²) in [6.45, 7) is 4.76. The molecule has 0 saturated carbocycles. The van der Waals surface area contributed by atoms with Crippen molar-refractivity contribution < 1.29 is 106 Å². The third-order valence-electron chi connectivity index (χ3n) is 21.3. The topological polar surface area (TPSA) is 716 Å². The van der Waals surface area contributed by atoms with Gasteiger partial charge in [-0.05, 0) is 148 Å². The van der Waals surface area contributed by atoms with Crippen LogP contribution in [0.2, 0.25) is 0 Å². The number of nitrogens with two attached hydrogens (primary N) is 3. The summed E-state index contributed by atoms with van der Waals surface area (Å²) in [7, 11) is 0. The van der Waals surface area contributed by atoms with Gasteiger partial charge in [0.2, 0.25) is 100 Å². The number of halogens is 1. The highest BCUT2D eigenvalue weighted by Crippen LogP contribution is 2.20. The number of fused-ring (bicyclic) bond motifs is 1. The molecular formula is C87H123FN24O21S. The number of primary amides is 2. The predicted molar refractivity (Wildman–Crippen MR) is 486 cm³/mol. The van der Waals surface area contributed by atoms with Gasteiger partial charge in [-0.3, -0.25) is 96.5 Å². The Morgan fingerprint density at radius 3 is 1.81 bits per heavy atom. The van der Waals surface area contributed by atoms with Gasteiger partial charge in [-0.1, -0.05) is 70.9 Å². The Hall–Kier alpha value is -14.3. The number of aromatic nitrogens is 3. The van der Waals surface area contributed by atoms with E-state index in [4.69, 9.17) is 22.6 Å². The van der Waals surface area contributed by atoms with E-state index in [0.717, 1.165) is 17.5 Å². The molecule has 134 heavy (non-hydrogen) atoms. The molecule has 45 nitrogen and oxygen atoms in total. The smallest absolute Gasteiger partial charge is 0.305 e. The van der Waals surface area contributed by atoms with Crippen LogP contribution >= 0.6 is 11.8 Å². The Morgan fingerprint density at radius 1 is 0.567 bits per heavy atom. The second-order valence-corrected chi connectivity index (χ2v) is 33.6. The standard InChI is InChI=1S/C87H123FN24O21S/c1-6-48(4)74(86(133)99-44-71(118)104-64(39-54-42-93-46-100-54)84(131)108-61(35-47(2)3)82(129)105-57(75(90)122)30-34-134-5)112-72(119)45-98-78(125)63(38-53-37-51-15-9-10-16-56(51)101-53)110-85(132)65(40-67(89)114)103-69(116)19-8-7-12-31-94-68(115)29-28-60(106-76(123)50-22-24-52(88)25-23-50)77(124)95-32-13-11-17-59-81(128)109-62(36-49-20-26-55(113)27-21-49)83(130)111-66(41-73(120)121)79(126)97-43-70(117)102-58(80(127)107-59)18-14-33-96-87(91)92/h9-10,15-16,20-27,37,42,46-48,57-66,74,101,113H,6-8,11-14,17-19,28-36,38-41,43-45H2,1-5H3,(H2,89,114)(H2,90,122)(H,93,100)(H,94,115)(H,95,124)(H,97,126)(H,98,125)(H,99,133)(H,102,117)(H,103,116)(H,104,118)(H,105,129)(H,106,123)(H,107,127)(H,108,131)(H,109,128)(H,110,132)(H,111,130)(H,112,119)(H,120,121)(H4,91,92,96)/i88-1. The van der Waals surface area contributed by atoms with Crippen LogP contribution < -0.4 is 108 Å². The van der Waals surface area contributed by atoms with Crippen LogP contribution in [-0.4, -0.2) is 261 Å². The third-order valence-corrected chi connectivity index (χ3v) is 22.0. The summed E-state index contributed by atoms with van der Waals surface area (Å²) in [4.78, 5) is 268. The van der Waals surface area contributed by atoms with Gasteiger partial charge >= 0.3 is 5.97 Å². The molecule has 18 amide bonds. The predicted octanol–water partition coefficient (Wildman–Crippen LogP) is -3.54. The molecule has 0 aliphatic carbocycles. The Balaban J connectivity index is 1.04. The lowest BCUT2D eigenvalue weighted by Crippen LogP contribution is -2.58. The number of nitrogens with zero attached hydrogens (tertiary/aromatic N) is 1. The molecule has 28 N–H and O–H groups in total. The van der Waals surface area contributed by atoms with E-state index < -0.39 is 223 Å². The van der Waals surface area contributed by atoms with Gasteiger partial charge < -0.3 is 128 Å². The van der Waals surface area contributed by atoms with E-state index in [1.807, 2.05) is 20.1 Å². The zero-order chi connectivity index (χ0) is 98.5. The number of aromatic hydroxyl groups is 1. The van der Waals surface area contributed by atoms with Crippen molar-refractivity contribution in [3.8, 4) is 5.75 Å². The quantitative estimate of drug-likeness (QED) is 0.0102. The van der Waals surface area contributed by atoms with Crippen LogP contribution in [0.15, 0.2) is 91.4 Å². The first-order valence-electron chi connectivity index (χ1n) is 43.9. The van der Waals surface area contributed by atoms with Gasteiger partial charge in [0.05, 0.1) is 44.5 Å². The molecule has 0 spiro atoms. The molecule has 5 aromatic rings. The average Bonchev–Trinajstić information content (AvgIpc) is 1.70. The molecule has 1 aliphatic rings. The SMILES string of the molecule is CCC(C)C(NC(=O)CNC(=O)C(Cc1cc2ccccc2[nH]1)NC(=O)C(CC(N)=O)NC(=O)CCCCCNC(=O)CCC(NC(=O)c1ccc([18F])cc1)C(=O)NCCCCC1NC(=O)C(CCCNC(=N)N)NC(=O)CNC(=O)C(CC(=O)O)NC(=O)C(Cc2ccc(O)cc2)NC1=O)C(=O)NCC(=O)NC(Cc1c[nH]cn1)C(=O)NC(CC(C)C)C(=O)NC(CCSC)C(N)=O. The lowest BCUT2D eigenvalue weighted by Gasteiger charge is -2.26. The molecule has 1 saturated heterocycles. The van der Waals surface area contributed by atoms with Gasteiger partial charge in [-0.2, -0.15) is 11.8 Å². The number of rotatable bonds is 54. The summed E-state index contributed by atoms with van der Waals surface area (Å²) < 4.78 is 14.0. The first-order chi connectivity index (χ1) is 63.8. The van der Waals surface area contributed by atoms with E-state index in [-0.39, 0.29) is 133 Å². The molecule has 0 bridgehead atoms. The van der Waals surface area contributed by atoms with Crippen molar-refractivity contribution in [1.29, 1.82) is 5.41 Å². The summed E-state index contributed by atoms with van der Waals surface area (Å²) >= 11 is 1.44. The van der Waals surface area contributed by atoms with E-state index in [1.54, 1.807) is 44.2 Å². The highest BCUT2D eigenvalue weighted by atomic mass is 32.2. The Kier molecular flexibility index (Phi) is 45.7. The maximum Gasteiger partial charge on any atom is 0.305 e. The number of aromatic amines is 2. The van der Waals surface area contributed by atoms with Crippen LogP contribution in [0.4, 0.5) is 4.39 Å². The molecule has 3 heterocycles. The second kappa shape index (κ2) is 56.4. The molecule has 12 atom stereocenters. The van der Waals surface area contributed by atoms with E-state index in [0.29, 0.717) is 47.5 Å². The highest BCUT2D eigenvalue weighted by molar-refractivity contribution is 7.98. The number of aliphatic carboxylic acids is 1. The van der Waals surface area contributed by atoms with Crippen LogP contribution in [-0.2, 0) is 106 Å². The molecule has 1 aliphatic heterocycles. The fraction of sp³-hybridized carbons (Fsp3) is 0.506. The number of imidazole rings is 1. The van der Waals surface area contributed by atoms with E-state index >= 15 is 0 Å². The molecule has 47 heteroatoms. The number of benzene rings is 3. The molecular weight excluding hydrogens is 1770 g/mol. The first kappa shape index (κ1) is 108. The third kappa shape index (κ3) is 39.4. The van der Waals surface area contributed by atoms with Crippen LogP contribution in [0.5, 0.6) is 5.75 Å². The maximum absolute atomic E-state index is 14.4. The first-order valence-corrected chi connectivity index (χ1v) is 45.3. The summed E-state index contributed by atoms with van der Waals surface area (Å²) in [6.07, 6.45) is 2.94. The Bertz CT molecular complexity index is 4860. The summed E-state index contributed by atoms with van der Waals surface area (Å²) in [5.41, 5.74) is 18.4. The minimum atomic E-state index is -1.76. The van der Waals surface area contributed by atoms with Gasteiger partial charge in [0.15, 0.2) is 5.96 Å². The van der Waals surface area contributed by atoms with E-state index in [1.165, 1.54) is 60.7 Å². The van der Waals surface area contributed by atoms with E-state index in [2.05, 4.69) is 105 Å². The van der Waals surface area contributed by atoms with Gasteiger partial charge in [-0.25, -0.2) is 9.37 Å². The fourth-order valence-electron chi connectivity index (χ4n) is 13.9. The fourth-order valence-corrected chi connectivity index (χ4v) is 14.4. The number of amides is 18.